The third-order valence-corrected chi connectivity index (χ3v) is 3.34. The lowest BCUT2D eigenvalue weighted by Crippen LogP contribution is -2.48. The number of carbonyl (C=O) groups is 3. The number of ketones is 1. The van der Waals surface area contributed by atoms with Gasteiger partial charge in [0, 0.05) is 0 Å². The predicted molar refractivity (Wildman–Crippen MR) is 84.6 cm³/mol. The largest absolute Gasteiger partial charge is 0.465 e. The maximum Gasteiger partial charge on any atom is 0.408 e. The number of hydrogen-bond acceptors (Lipinski definition) is 5. The Bertz CT molecular complexity index is 553. The van der Waals surface area contributed by atoms with Crippen molar-refractivity contribution in [2.24, 2.45) is 5.41 Å². The Morgan fingerprint density at radius 3 is 2.30 bits per heavy atom. The van der Waals surface area contributed by atoms with Crippen LogP contribution >= 0.6 is 0 Å². The van der Waals surface area contributed by atoms with Crippen molar-refractivity contribution in [2.45, 2.75) is 40.3 Å². The Hall–Kier alpha value is -2.37. The summed E-state index contributed by atoms with van der Waals surface area (Å²) >= 11 is 0. The zero-order valence-corrected chi connectivity index (χ0v) is 13.9. The van der Waals surface area contributed by atoms with Crippen molar-refractivity contribution in [3.8, 4) is 0 Å². The van der Waals surface area contributed by atoms with Crippen molar-refractivity contribution in [3.05, 3.63) is 35.9 Å². The first-order chi connectivity index (χ1) is 10.8. The first-order valence-electron chi connectivity index (χ1n) is 7.47. The maximum atomic E-state index is 12.3. The van der Waals surface area contributed by atoms with Gasteiger partial charge < -0.3 is 14.8 Å². The second kappa shape index (κ2) is 8.31. The number of nitrogens with one attached hydrogen (secondary N) is 1. The van der Waals surface area contributed by atoms with E-state index in [1.165, 1.54) is 20.8 Å². The van der Waals surface area contributed by atoms with Gasteiger partial charge in [-0.05, 0) is 33.3 Å². The van der Waals surface area contributed by atoms with Crippen LogP contribution in [0.3, 0.4) is 0 Å². The Balaban J connectivity index is 2.53. The van der Waals surface area contributed by atoms with Gasteiger partial charge in [0.15, 0.2) is 5.78 Å². The number of rotatable bonds is 7. The molecule has 0 saturated heterocycles. The van der Waals surface area contributed by atoms with Crippen LogP contribution in [-0.2, 0) is 25.7 Å². The van der Waals surface area contributed by atoms with E-state index in [0.717, 1.165) is 5.56 Å². The summed E-state index contributed by atoms with van der Waals surface area (Å²) in [6.07, 6.45) is -0.714. The highest BCUT2D eigenvalue weighted by Crippen LogP contribution is 2.21. The molecule has 1 rings (SSSR count). The summed E-state index contributed by atoms with van der Waals surface area (Å²) in [5.74, 6) is -1.05. The number of alkyl carbamates (subject to hydrolysis) is 1. The van der Waals surface area contributed by atoms with E-state index in [4.69, 9.17) is 9.47 Å². The predicted octanol–water partition coefficient (Wildman–Crippen LogP) is 2.46. The lowest BCUT2D eigenvalue weighted by atomic mass is 9.84. The highest BCUT2D eigenvalue weighted by Gasteiger charge is 2.40. The fourth-order valence-corrected chi connectivity index (χ4v) is 1.96. The molecular formula is C17H23NO5. The van der Waals surface area contributed by atoms with Crippen molar-refractivity contribution >= 4 is 17.8 Å². The molecule has 0 aromatic heterocycles. The maximum absolute atomic E-state index is 12.3. The topological polar surface area (TPSA) is 81.7 Å². The number of ether oxygens (including phenoxy) is 2. The highest BCUT2D eigenvalue weighted by atomic mass is 16.5. The Kier molecular flexibility index (Phi) is 6.75. The van der Waals surface area contributed by atoms with Crippen LogP contribution in [0.1, 0.15) is 33.3 Å². The van der Waals surface area contributed by atoms with Crippen LogP contribution in [0.5, 0.6) is 0 Å². The fraction of sp³-hybridized carbons (Fsp3) is 0.471. The van der Waals surface area contributed by atoms with Crippen LogP contribution in [0.15, 0.2) is 30.3 Å². The molecule has 126 valence electrons. The van der Waals surface area contributed by atoms with Crippen molar-refractivity contribution < 1.29 is 23.9 Å². The van der Waals surface area contributed by atoms with Gasteiger partial charge in [-0.1, -0.05) is 30.3 Å². The van der Waals surface area contributed by atoms with E-state index < -0.39 is 29.3 Å². The molecule has 0 fully saturated rings. The minimum absolute atomic E-state index is 0.106. The smallest absolute Gasteiger partial charge is 0.408 e. The van der Waals surface area contributed by atoms with Crippen LogP contribution in [-0.4, -0.2) is 30.5 Å². The molecule has 0 heterocycles. The number of carbonyl (C=O) groups excluding carboxylic acids is 3. The molecule has 1 unspecified atom stereocenters. The number of amides is 1. The molecule has 0 aliphatic rings. The number of hydrogen-bond donors (Lipinski definition) is 1. The summed E-state index contributed by atoms with van der Waals surface area (Å²) in [5.41, 5.74) is -0.490. The zero-order valence-electron chi connectivity index (χ0n) is 13.9. The zero-order chi connectivity index (χ0) is 17.5. The molecule has 6 nitrogen and oxygen atoms in total. The summed E-state index contributed by atoms with van der Waals surface area (Å²) < 4.78 is 9.94. The minimum atomic E-state index is -1.33. The van der Waals surface area contributed by atoms with Crippen LogP contribution in [0.4, 0.5) is 4.79 Å². The molecule has 1 aromatic rings. The van der Waals surface area contributed by atoms with Crippen LogP contribution in [0.2, 0.25) is 0 Å². The average molecular weight is 321 g/mol. The molecule has 1 aromatic carbocycles. The quantitative estimate of drug-likeness (QED) is 0.616. The van der Waals surface area contributed by atoms with Crippen molar-refractivity contribution in [1.29, 1.82) is 0 Å². The molecule has 1 N–H and O–H groups in total. The summed E-state index contributed by atoms with van der Waals surface area (Å²) in [7, 11) is 0. The third-order valence-electron chi connectivity index (χ3n) is 3.34. The van der Waals surface area contributed by atoms with Gasteiger partial charge in [-0.3, -0.25) is 9.59 Å². The molecule has 0 aliphatic carbocycles. The molecule has 0 spiro atoms. The van der Waals surface area contributed by atoms with E-state index in [-0.39, 0.29) is 13.2 Å². The molecule has 0 bridgehead atoms. The average Bonchev–Trinajstić information content (AvgIpc) is 2.53. The summed E-state index contributed by atoms with van der Waals surface area (Å²) in [4.78, 5) is 35.9. The lowest BCUT2D eigenvalue weighted by Gasteiger charge is -2.24. The summed E-state index contributed by atoms with van der Waals surface area (Å²) in [6, 6.07) is 8.33. The molecule has 0 saturated carbocycles. The standard InChI is InChI=1S/C17H23NO5/c1-5-22-15(20)17(3,4)14(19)12(2)18-16(21)23-11-13-9-7-6-8-10-13/h6-10,12H,5,11H2,1-4H3,(H,18,21). The van der Waals surface area contributed by atoms with E-state index in [1.807, 2.05) is 30.3 Å². The van der Waals surface area contributed by atoms with Gasteiger partial charge in [0.25, 0.3) is 0 Å². The van der Waals surface area contributed by atoms with Crippen molar-refractivity contribution in [2.75, 3.05) is 6.61 Å². The molecule has 23 heavy (non-hydrogen) atoms. The number of esters is 1. The summed E-state index contributed by atoms with van der Waals surface area (Å²) in [6.45, 7) is 6.42. The fourth-order valence-electron chi connectivity index (χ4n) is 1.96. The molecule has 0 radical (unpaired) electrons. The minimum Gasteiger partial charge on any atom is -0.465 e. The molecule has 1 amide bonds. The second-order valence-electron chi connectivity index (χ2n) is 5.64. The Labute approximate surface area is 136 Å². The highest BCUT2D eigenvalue weighted by molar-refractivity contribution is 6.06. The van der Waals surface area contributed by atoms with Gasteiger partial charge in [0.05, 0.1) is 12.6 Å². The van der Waals surface area contributed by atoms with Gasteiger partial charge in [0.1, 0.15) is 12.0 Å². The first kappa shape index (κ1) is 18.7. The van der Waals surface area contributed by atoms with E-state index in [0.29, 0.717) is 0 Å². The van der Waals surface area contributed by atoms with Crippen molar-refractivity contribution in [1.82, 2.24) is 5.32 Å². The Morgan fingerprint density at radius 1 is 1.13 bits per heavy atom. The lowest BCUT2D eigenvalue weighted by molar-refractivity contribution is -0.158. The summed E-state index contributed by atoms with van der Waals surface area (Å²) in [5, 5.41) is 2.43. The third kappa shape index (κ3) is 5.39. The van der Waals surface area contributed by atoms with Crippen LogP contribution in [0.25, 0.3) is 0 Å². The van der Waals surface area contributed by atoms with Crippen LogP contribution in [0, 0.1) is 5.41 Å². The first-order valence-corrected chi connectivity index (χ1v) is 7.47. The van der Waals surface area contributed by atoms with Crippen molar-refractivity contribution in [3.63, 3.8) is 0 Å². The molecule has 0 aliphatic heterocycles. The Morgan fingerprint density at radius 2 is 1.74 bits per heavy atom. The van der Waals surface area contributed by atoms with E-state index in [9.17, 15) is 14.4 Å². The van der Waals surface area contributed by atoms with E-state index in [2.05, 4.69) is 5.32 Å². The van der Waals surface area contributed by atoms with Gasteiger partial charge >= 0.3 is 12.1 Å². The van der Waals surface area contributed by atoms with E-state index in [1.54, 1.807) is 6.92 Å². The van der Waals surface area contributed by atoms with Gasteiger partial charge in [0.2, 0.25) is 0 Å². The number of benzene rings is 1. The molecule has 6 heteroatoms. The van der Waals surface area contributed by atoms with Crippen LogP contribution < -0.4 is 5.32 Å². The SMILES string of the molecule is CCOC(=O)C(C)(C)C(=O)C(C)NC(=O)OCc1ccccc1. The monoisotopic (exact) mass is 321 g/mol. The van der Waals surface area contributed by atoms with Gasteiger partial charge in [-0.15, -0.1) is 0 Å². The van der Waals surface area contributed by atoms with E-state index >= 15 is 0 Å². The molecular weight excluding hydrogens is 298 g/mol. The van der Waals surface area contributed by atoms with Gasteiger partial charge in [-0.25, -0.2) is 4.79 Å². The second-order valence-corrected chi connectivity index (χ2v) is 5.64. The van der Waals surface area contributed by atoms with Gasteiger partial charge in [-0.2, -0.15) is 0 Å². The molecule has 1 atom stereocenters. The normalized spacial score (nSPS) is 12.2. The number of Topliss-reactive ketones (excluding diaryl/α,β-unsaturated/α-hetero) is 1.